The van der Waals surface area contributed by atoms with E-state index < -0.39 is 0 Å². The smallest absolute Gasteiger partial charge is 0.112 e. The first-order valence-corrected chi connectivity index (χ1v) is 8.70. The van der Waals surface area contributed by atoms with Crippen LogP contribution in [-0.4, -0.2) is 16.1 Å². The number of imidazole rings is 1. The van der Waals surface area contributed by atoms with Crippen molar-refractivity contribution in [3.63, 3.8) is 0 Å². The van der Waals surface area contributed by atoms with E-state index in [1.54, 1.807) is 5.69 Å². The lowest BCUT2D eigenvalue weighted by Crippen LogP contribution is -2.25. The minimum absolute atomic E-state index is 0.752. The van der Waals surface area contributed by atoms with Crippen LogP contribution in [0, 0.1) is 5.92 Å². The van der Waals surface area contributed by atoms with Crippen molar-refractivity contribution in [2.24, 2.45) is 5.92 Å². The molecule has 3 heteroatoms. The van der Waals surface area contributed by atoms with Gasteiger partial charge in [0.15, 0.2) is 0 Å². The Morgan fingerprint density at radius 3 is 2.60 bits per heavy atom. The normalized spacial score (nSPS) is 24.4. The lowest BCUT2D eigenvalue weighted by molar-refractivity contribution is 0.425. The first-order valence-electron chi connectivity index (χ1n) is 8.70. The number of fused-ring (bicyclic) bond motifs is 1. The Labute approximate surface area is 122 Å². The molecule has 2 saturated carbocycles. The van der Waals surface area contributed by atoms with Gasteiger partial charge in [0.2, 0.25) is 0 Å². The summed E-state index contributed by atoms with van der Waals surface area (Å²) < 4.78 is 2.67. The molecule has 2 fully saturated rings. The van der Waals surface area contributed by atoms with Gasteiger partial charge >= 0.3 is 0 Å². The topological polar surface area (TPSA) is 29.9 Å². The summed E-state index contributed by atoms with van der Waals surface area (Å²) in [4.78, 5) is 5.08. The van der Waals surface area contributed by atoms with Crippen LogP contribution in [-0.2, 0) is 19.5 Å². The number of rotatable bonds is 3. The quantitative estimate of drug-likeness (QED) is 0.915. The van der Waals surface area contributed by atoms with Gasteiger partial charge in [-0.05, 0) is 31.6 Å². The van der Waals surface area contributed by atoms with Crippen LogP contribution < -0.4 is 5.32 Å². The third kappa shape index (κ3) is 2.30. The Hall–Kier alpha value is -0.830. The Kier molecular flexibility index (Phi) is 3.55. The predicted molar refractivity (Wildman–Crippen MR) is 80.8 cm³/mol. The Morgan fingerprint density at radius 2 is 1.80 bits per heavy atom. The molecule has 3 aliphatic rings. The minimum Gasteiger partial charge on any atom is -0.331 e. The molecule has 0 atom stereocenters. The molecule has 1 aliphatic heterocycles. The van der Waals surface area contributed by atoms with Crippen molar-refractivity contribution in [1.82, 2.24) is 14.9 Å². The van der Waals surface area contributed by atoms with E-state index in [1.807, 2.05) is 0 Å². The third-order valence-corrected chi connectivity index (χ3v) is 5.65. The highest BCUT2D eigenvalue weighted by atomic mass is 15.1. The van der Waals surface area contributed by atoms with Crippen LogP contribution in [0.3, 0.4) is 0 Å². The van der Waals surface area contributed by atoms with Gasteiger partial charge in [-0.15, -0.1) is 0 Å². The molecule has 0 spiro atoms. The molecule has 0 unspecified atom stereocenters. The van der Waals surface area contributed by atoms with Gasteiger partial charge in [-0.2, -0.15) is 0 Å². The van der Waals surface area contributed by atoms with Crippen molar-refractivity contribution in [2.45, 2.75) is 76.8 Å². The molecule has 0 amide bonds. The third-order valence-electron chi connectivity index (χ3n) is 5.65. The molecular weight excluding hydrogens is 246 g/mol. The van der Waals surface area contributed by atoms with Gasteiger partial charge in [-0.25, -0.2) is 4.98 Å². The second kappa shape index (κ2) is 5.51. The van der Waals surface area contributed by atoms with E-state index in [4.69, 9.17) is 4.98 Å². The van der Waals surface area contributed by atoms with E-state index in [9.17, 15) is 0 Å². The van der Waals surface area contributed by atoms with Crippen LogP contribution in [0.4, 0.5) is 0 Å². The number of hydrogen-bond donors (Lipinski definition) is 1. The number of hydrogen-bond acceptors (Lipinski definition) is 2. The predicted octanol–water partition coefficient (Wildman–Crippen LogP) is 3.38. The van der Waals surface area contributed by atoms with Crippen molar-refractivity contribution in [3.05, 3.63) is 17.2 Å². The van der Waals surface area contributed by atoms with Crippen molar-refractivity contribution in [3.8, 4) is 0 Å². The Bertz CT molecular complexity index is 465. The maximum Gasteiger partial charge on any atom is 0.112 e. The molecular formula is C17H27N3. The van der Waals surface area contributed by atoms with E-state index >= 15 is 0 Å². The zero-order valence-electron chi connectivity index (χ0n) is 12.5. The lowest BCUT2D eigenvalue weighted by Gasteiger charge is -2.20. The summed E-state index contributed by atoms with van der Waals surface area (Å²) in [6.07, 6.45) is 12.5. The van der Waals surface area contributed by atoms with Gasteiger partial charge in [0.25, 0.3) is 0 Å². The van der Waals surface area contributed by atoms with Crippen LogP contribution in [0.5, 0.6) is 0 Å². The molecule has 3 nitrogen and oxygen atoms in total. The average Bonchev–Trinajstić information content (AvgIpc) is 3.19. The van der Waals surface area contributed by atoms with Crippen molar-refractivity contribution < 1.29 is 0 Å². The molecule has 2 heterocycles. The molecule has 4 rings (SSSR count). The lowest BCUT2D eigenvalue weighted by atomic mass is 10.1. The summed E-state index contributed by atoms with van der Waals surface area (Å²) >= 11 is 0. The Morgan fingerprint density at radius 1 is 1.05 bits per heavy atom. The largest absolute Gasteiger partial charge is 0.331 e. The van der Waals surface area contributed by atoms with Gasteiger partial charge in [-0.3, -0.25) is 0 Å². The fourth-order valence-corrected chi connectivity index (χ4v) is 4.54. The molecule has 1 aromatic heterocycles. The molecule has 0 radical (unpaired) electrons. The van der Waals surface area contributed by atoms with Crippen LogP contribution in [0.2, 0.25) is 0 Å². The van der Waals surface area contributed by atoms with E-state index in [0.29, 0.717) is 0 Å². The zero-order valence-corrected chi connectivity index (χ0v) is 12.5. The summed E-state index contributed by atoms with van der Waals surface area (Å²) in [6, 6.07) is 0. The molecule has 0 bridgehead atoms. The van der Waals surface area contributed by atoms with Gasteiger partial charge in [-0.1, -0.05) is 25.7 Å². The second-order valence-corrected chi connectivity index (χ2v) is 7.03. The number of nitrogens with one attached hydrogen (secondary N) is 1. The maximum atomic E-state index is 5.08. The maximum absolute atomic E-state index is 5.08. The van der Waals surface area contributed by atoms with E-state index in [2.05, 4.69) is 9.88 Å². The summed E-state index contributed by atoms with van der Waals surface area (Å²) in [5, 5.41) is 3.49. The summed E-state index contributed by atoms with van der Waals surface area (Å²) in [7, 11) is 0. The summed E-state index contributed by atoms with van der Waals surface area (Å²) in [5.41, 5.74) is 2.92. The molecule has 0 saturated heterocycles. The van der Waals surface area contributed by atoms with Gasteiger partial charge < -0.3 is 9.88 Å². The molecule has 0 aromatic carbocycles. The summed E-state index contributed by atoms with van der Waals surface area (Å²) in [6.45, 7) is 3.38. The van der Waals surface area contributed by atoms with Crippen LogP contribution in [0.1, 0.15) is 74.5 Å². The highest BCUT2D eigenvalue weighted by molar-refractivity contribution is 5.22. The van der Waals surface area contributed by atoms with Crippen LogP contribution in [0.25, 0.3) is 0 Å². The first-order chi connectivity index (χ1) is 9.92. The minimum atomic E-state index is 0.752. The van der Waals surface area contributed by atoms with Crippen molar-refractivity contribution in [2.75, 3.05) is 6.54 Å². The monoisotopic (exact) mass is 273 g/mol. The van der Waals surface area contributed by atoms with E-state index in [1.165, 1.54) is 75.9 Å². The Balaban J connectivity index is 1.66. The molecule has 110 valence electrons. The van der Waals surface area contributed by atoms with Crippen molar-refractivity contribution in [1.29, 1.82) is 0 Å². The van der Waals surface area contributed by atoms with Gasteiger partial charge in [0.1, 0.15) is 5.82 Å². The standard InChI is InChI=1S/C17H27N3/c1-2-6-13(5-1)12-20-16-9-10-18-11-15(16)19-17(20)14-7-3-4-8-14/h13-14,18H,1-12H2. The SMILES string of the molecule is C1CCC(Cn2c(C3CCCC3)nc3c2CCNC3)C1. The molecule has 1 N–H and O–H groups in total. The van der Waals surface area contributed by atoms with Gasteiger partial charge in [0.05, 0.1) is 5.69 Å². The first kappa shape index (κ1) is 12.9. The van der Waals surface area contributed by atoms with Gasteiger partial charge in [0, 0.05) is 37.7 Å². The highest BCUT2D eigenvalue weighted by Gasteiger charge is 2.28. The number of aromatic nitrogens is 2. The molecule has 20 heavy (non-hydrogen) atoms. The highest BCUT2D eigenvalue weighted by Crippen LogP contribution is 2.36. The average molecular weight is 273 g/mol. The van der Waals surface area contributed by atoms with E-state index in [-0.39, 0.29) is 0 Å². The number of nitrogens with zero attached hydrogens (tertiary/aromatic N) is 2. The van der Waals surface area contributed by atoms with E-state index in [0.717, 1.165) is 24.9 Å². The molecule has 1 aromatic rings. The fraction of sp³-hybridized carbons (Fsp3) is 0.824. The zero-order chi connectivity index (χ0) is 13.4. The fourth-order valence-electron chi connectivity index (χ4n) is 4.54. The molecule has 2 aliphatic carbocycles. The van der Waals surface area contributed by atoms with Crippen LogP contribution >= 0.6 is 0 Å². The van der Waals surface area contributed by atoms with Crippen molar-refractivity contribution >= 4 is 0 Å². The van der Waals surface area contributed by atoms with Crippen LogP contribution in [0.15, 0.2) is 0 Å². The second-order valence-electron chi connectivity index (χ2n) is 7.03. The summed E-state index contributed by atoms with van der Waals surface area (Å²) in [5.74, 6) is 3.12.